The third kappa shape index (κ3) is 7.09. The number of amides is 1. The van der Waals surface area contributed by atoms with Crippen molar-refractivity contribution in [3.05, 3.63) is 40.4 Å². The van der Waals surface area contributed by atoms with Gasteiger partial charge in [-0.15, -0.1) is 0 Å². The van der Waals surface area contributed by atoms with E-state index in [2.05, 4.69) is 21.2 Å². The highest BCUT2D eigenvalue weighted by atomic mass is 79.9. The van der Waals surface area contributed by atoms with Crippen LogP contribution in [0.15, 0.2) is 34.8 Å². The van der Waals surface area contributed by atoms with Gasteiger partial charge in [0.2, 0.25) is 0 Å². The van der Waals surface area contributed by atoms with E-state index in [1.54, 1.807) is 6.08 Å². The van der Waals surface area contributed by atoms with Gasteiger partial charge in [0.15, 0.2) is 6.61 Å². The summed E-state index contributed by atoms with van der Waals surface area (Å²) in [6.07, 6.45) is 4.88. The lowest BCUT2D eigenvalue weighted by molar-refractivity contribution is -0.143. The molecule has 108 valence electrons. The van der Waals surface area contributed by atoms with Crippen LogP contribution in [0.2, 0.25) is 0 Å². The molecule has 1 aromatic carbocycles. The second kappa shape index (κ2) is 9.31. The quantitative estimate of drug-likeness (QED) is 0.472. The Kier molecular flexibility index (Phi) is 7.65. The first-order chi connectivity index (χ1) is 9.61. The molecule has 0 atom stereocenters. The summed E-state index contributed by atoms with van der Waals surface area (Å²) in [5.41, 5.74) is 0.887. The van der Waals surface area contributed by atoms with Gasteiger partial charge in [-0.2, -0.15) is 0 Å². The first-order valence-electron chi connectivity index (χ1n) is 6.49. The third-order valence-corrected chi connectivity index (χ3v) is 3.01. The molecule has 20 heavy (non-hydrogen) atoms. The molecule has 0 bridgehead atoms. The first-order valence-corrected chi connectivity index (χ1v) is 7.28. The third-order valence-electron chi connectivity index (χ3n) is 2.48. The van der Waals surface area contributed by atoms with Crippen molar-refractivity contribution in [1.29, 1.82) is 0 Å². The van der Waals surface area contributed by atoms with Crippen LogP contribution in [0.3, 0.4) is 0 Å². The van der Waals surface area contributed by atoms with Crippen molar-refractivity contribution in [3.63, 3.8) is 0 Å². The molecule has 1 N–H and O–H groups in total. The lowest BCUT2D eigenvalue weighted by Crippen LogP contribution is -2.29. The van der Waals surface area contributed by atoms with Crippen LogP contribution in [0.4, 0.5) is 0 Å². The van der Waals surface area contributed by atoms with E-state index in [1.165, 1.54) is 6.08 Å². The second-order valence-electron chi connectivity index (χ2n) is 4.20. The Morgan fingerprint density at radius 2 is 2.00 bits per heavy atom. The maximum atomic E-state index is 11.4. The highest BCUT2D eigenvalue weighted by Gasteiger charge is 2.03. The Morgan fingerprint density at radius 1 is 1.30 bits per heavy atom. The van der Waals surface area contributed by atoms with Crippen molar-refractivity contribution < 1.29 is 14.3 Å². The Labute approximate surface area is 127 Å². The molecule has 5 heteroatoms. The van der Waals surface area contributed by atoms with Crippen molar-refractivity contribution in [3.8, 4) is 0 Å². The summed E-state index contributed by atoms with van der Waals surface area (Å²) in [4.78, 5) is 22.7. The minimum absolute atomic E-state index is 0.243. The van der Waals surface area contributed by atoms with Gasteiger partial charge in [0.05, 0.1) is 0 Å². The van der Waals surface area contributed by atoms with Gasteiger partial charge >= 0.3 is 5.97 Å². The van der Waals surface area contributed by atoms with E-state index in [0.29, 0.717) is 6.54 Å². The number of hydrogen-bond donors (Lipinski definition) is 1. The molecular weight excluding hydrogens is 322 g/mol. The molecule has 0 aliphatic rings. The number of ether oxygens (including phenoxy) is 1. The molecule has 0 saturated heterocycles. The van der Waals surface area contributed by atoms with Crippen LogP contribution in [0.5, 0.6) is 0 Å². The molecule has 0 radical (unpaired) electrons. The Morgan fingerprint density at radius 3 is 2.65 bits per heavy atom. The SMILES string of the molecule is CCCCNC(=O)COC(=O)/C=C/c1ccc(Br)cc1. The maximum absolute atomic E-state index is 11.4. The van der Waals surface area contributed by atoms with E-state index in [0.717, 1.165) is 22.9 Å². The minimum Gasteiger partial charge on any atom is -0.452 e. The number of carbonyl (C=O) groups is 2. The van der Waals surface area contributed by atoms with Crippen molar-refractivity contribution >= 4 is 33.9 Å². The smallest absolute Gasteiger partial charge is 0.331 e. The summed E-state index contributed by atoms with van der Waals surface area (Å²) in [6, 6.07) is 7.50. The lowest BCUT2D eigenvalue weighted by Gasteiger charge is -2.04. The fourth-order valence-corrected chi connectivity index (χ4v) is 1.64. The Hall–Kier alpha value is -1.62. The van der Waals surface area contributed by atoms with E-state index in [9.17, 15) is 9.59 Å². The number of halogens is 1. The summed E-state index contributed by atoms with van der Waals surface area (Å²) in [5, 5.41) is 2.67. The van der Waals surface area contributed by atoms with Crippen molar-refractivity contribution in [2.45, 2.75) is 19.8 Å². The zero-order valence-electron chi connectivity index (χ0n) is 11.4. The molecule has 0 aromatic heterocycles. The van der Waals surface area contributed by atoms with E-state index in [1.807, 2.05) is 31.2 Å². The van der Waals surface area contributed by atoms with Gasteiger partial charge < -0.3 is 10.1 Å². The van der Waals surface area contributed by atoms with Crippen molar-refractivity contribution in [1.82, 2.24) is 5.32 Å². The largest absolute Gasteiger partial charge is 0.452 e. The van der Waals surface area contributed by atoms with Gasteiger partial charge in [0, 0.05) is 17.1 Å². The number of unbranched alkanes of at least 4 members (excludes halogenated alkanes) is 1. The summed E-state index contributed by atoms with van der Waals surface area (Å²) in [5.74, 6) is -0.803. The van der Waals surface area contributed by atoms with Gasteiger partial charge in [-0.25, -0.2) is 4.79 Å². The van der Waals surface area contributed by atoms with Crippen molar-refractivity contribution in [2.24, 2.45) is 0 Å². The van der Waals surface area contributed by atoms with Gasteiger partial charge in [0.1, 0.15) is 0 Å². The molecule has 0 spiro atoms. The molecule has 1 aromatic rings. The predicted octanol–water partition coefficient (Wildman–Crippen LogP) is 2.92. The molecule has 0 saturated carbocycles. The van der Waals surface area contributed by atoms with Crippen molar-refractivity contribution in [2.75, 3.05) is 13.2 Å². The Bertz CT molecular complexity index is 469. The predicted molar refractivity (Wildman–Crippen MR) is 82.1 cm³/mol. The number of hydrogen-bond acceptors (Lipinski definition) is 3. The van der Waals surface area contributed by atoms with E-state index >= 15 is 0 Å². The summed E-state index contributed by atoms with van der Waals surface area (Å²) >= 11 is 3.33. The molecule has 1 rings (SSSR count). The molecule has 0 unspecified atom stereocenters. The molecule has 0 aliphatic heterocycles. The number of rotatable bonds is 7. The fourth-order valence-electron chi connectivity index (χ4n) is 1.38. The van der Waals surface area contributed by atoms with Gasteiger partial charge in [-0.05, 0) is 30.2 Å². The fraction of sp³-hybridized carbons (Fsp3) is 0.333. The summed E-state index contributed by atoms with van der Waals surface area (Å²) in [6.45, 7) is 2.41. The second-order valence-corrected chi connectivity index (χ2v) is 5.11. The Balaban J connectivity index is 2.29. The molecule has 0 fully saturated rings. The minimum atomic E-state index is -0.529. The zero-order valence-corrected chi connectivity index (χ0v) is 13.0. The van der Waals surface area contributed by atoms with Crippen LogP contribution in [0.1, 0.15) is 25.3 Å². The van der Waals surface area contributed by atoms with Crippen LogP contribution in [0, 0.1) is 0 Å². The van der Waals surface area contributed by atoms with Crippen LogP contribution < -0.4 is 5.32 Å². The van der Waals surface area contributed by atoms with Gasteiger partial charge in [0.25, 0.3) is 5.91 Å². The average Bonchev–Trinajstić information content (AvgIpc) is 2.45. The highest BCUT2D eigenvalue weighted by Crippen LogP contribution is 2.11. The monoisotopic (exact) mass is 339 g/mol. The normalized spacial score (nSPS) is 10.5. The highest BCUT2D eigenvalue weighted by molar-refractivity contribution is 9.10. The maximum Gasteiger partial charge on any atom is 0.331 e. The van der Waals surface area contributed by atoms with E-state index in [-0.39, 0.29) is 12.5 Å². The molecule has 0 heterocycles. The van der Waals surface area contributed by atoms with Crippen LogP contribution in [0.25, 0.3) is 6.08 Å². The number of benzene rings is 1. The molecule has 4 nitrogen and oxygen atoms in total. The van der Waals surface area contributed by atoms with E-state index in [4.69, 9.17) is 4.74 Å². The summed E-state index contributed by atoms with van der Waals surface area (Å²) in [7, 11) is 0. The number of carbonyl (C=O) groups excluding carboxylic acids is 2. The first kappa shape index (κ1) is 16.4. The average molecular weight is 340 g/mol. The number of esters is 1. The zero-order chi connectivity index (χ0) is 14.8. The number of nitrogens with one attached hydrogen (secondary N) is 1. The van der Waals surface area contributed by atoms with Gasteiger partial charge in [-0.3, -0.25) is 4.79 Å². The topological polar surface area (TPSA) is 55.4 Å². The summed E-state index contributed by atoms with van der Waals surface area (Å²) < 4.78 is 5.81. The van der Waals surface area contributed by atoms with Crippen LogP contribution >= 0.6 is 15.9 Å². The molecular formula is C15H18BrNO3. The molecule has 0 aliphatic carbocycles. The van der Waals surface area contributed by atoms with Crippen LogP contribution in [-0.2, 0) is 14.3 Å². The lowest BCUT2D eigenvalue weighted by atomic mass is 10.2. The van der Waals surface area contributed by atoms with Crippen LogP contribution in [-0.4, -0.2) is 25.0 Å². The van der Waals surface area contributed by atoms with Gasteiger partial charge in [-0.1, -0.05) is 41.4 Å². The standard InChI is InChI=1S/C15H18BrNO3/c1-2-3-10-17-14(18)11-20-15(19)9-6-12-4-7-13(16)8-5-12/h4-9H,2-3,10-11H2,1H3,(H,17,18)/b9-6+. The van der Waals surface area contributed by atoms with E-state index < -0.39 is 5.97 Å². The molecule has 1 amide bonds.